The Hall–Kier alpha value is -2.29. The zero-order valence-electron chi connectivity index (χ0n) is 23.9. The number of unbranched alkanes of at least 4 members (excludes halogenated alkanes) is 1. The predicted octanol–water partition coefficient (Wildman–Crippen LogP) is 3.78. The van der Waals surface area contributed by atoms with E-state index in [0.717, 1.165) is 37.1 Å². The van der Waals surface area contributed by atoms with Crippen LogP contribution in [-0.4, -0.2) is 87.1 Å². The van der Waals surface area contributed by atoms with Crippen LogP contribution in [0.3, 0.4) is 0 Å². The Morgan fingerprint density at radius 3 is 2.68 bits per heavy atom. The molecule has 0 radical (unpaired) electrons. The van der Waals surface area contributed by atoms with Crippen molar-refractivity contribution in [3.63, 3.8) is 0 Å². The lowest BCUT2D eigenvalue weighted by molar-refractivity contribution is -0.123. The van der Waals surface area contributed by atoms with E-state index >= 15 is 0 Å². The van der Waals surface area contributed by atoms with Crippen molar-refractivity contribution in [3.8, 4) is 0 Å². The number of hydrogen-bond donors (Lipinski definition) is 2. The Morgan fingerprint density at radius 2 is 2.03 bits per heavy atom. The van der Waals surface area contributed by atoms with E-state index in [2.05, 4.69) is 43.0 Å². The molecule has 1 heterocycles. The molecule has 0 aliphatic carbocycles. The topological polar surface area (TPSA) is 73.9 Å². The molecule has 0 aromatic heterocycles. The molecule has 1 fully saturated rings. The van der Waals surface area contributed by atoms with Gasteiger partial charge in [-0.3, -0.25) is 14.9 Å². The smallest absolute Gasteiger partial charge is 0.237 e. The van der Waals surface area contributed by atoms with Gasteiger partial charge in [0.1, 0.15) is 5.82 Å². The van der Waals surface area contributed by atoms with Crippen LogP contribution in [0.5, 0.6) is 0 Å². The van der Waals surface area contributed by atoms with E-state index in [1.165, 1.54) is 31.4 Å². The number of halogens is 1. The van der Waals surface area contributed by atoms with Crippen LogP contribution < -0.4 is 10.6 Å². The number of ketones is 1. The van der Waals surface area contributed by atoms with E-state index in [0.29, 0.717) is 38.1 Å². The SMILES string of the molecule is C=C(COCC(C)CCCC)N(C)CC(=O)CNC(Cc1ccc(F)cc1)C(=O)NCCC1CCCN1C. The number of rotatable bonds is 19. The molecule has 8 heteroatoms. The summed E-state index contributed by atoms with van der Waals surface area (Å²) in [6.45, 7) is 11.4. The van der Waals surface area contributed by atoms with Crippen LogP contribution in [-0.2, 0) is 20.7 Å². The number of carbonyl (C=O) groups is 2. The molecule has 0 saturated carbocycles. The highest BCUT2D eigenvalue weighted by Crippen LogP contribution is 2.17. The van der Waals surface area contributed by atoms with Crippen molar-refractivity contribution in [2.45, 2.75) is 70.9 Å². The van der Waals surface area contributed by atoms with Gasteiger partial charge in [0.05, 0.1) is 25.7 Å². The monoisotopic (exact) mass is 532 g/mol. The van der Waals surface area contributed by atoms with Crippen LogP contribution >= 0.6 is 0 Å². The molecule has 1 saturated heterocycles. The molecule has 1 aliphatic heterocycles. The first-order valence-corrected chi connectivity index (χ1v) is 14.1. The highest BCUT2D eigenvalue weighted by molar-refractivity contribution is 5.85. The minimum absolute atomic E-state index is 0.0468. The predicted molar refractivity (Wildman–Crippen MR) is 151 cm³/mol. The summed E-state index contributed by atoms with van der Waals surface area (Å²) in [6, 6.07) is 6.03. The molecule has 0 spiro atoms. The van der Waals surface area contributed by atoms with Crippen molar-refractivity contribution in [1.82, 2.24) is 20.4 Å². The molecule has 3 unspecified atom stereocenters. The normalized spacial score (nSPS) is 17.2. The third-order valence-electron chi connectivity index (χ3n) is 7.34. The summed E-state index contributed by atoms with van der Waals surface area (Å²) < 4.78 is 19.2. The fourth-order valence-electron chi connectivity index (χ4n) is 4.74. The number of benzene rings is 1. The Morgan fingerprint density at radius 1 is 1.29 bits per heavy atom. The summed E-state index contributed by atoms with van der Waals surface area (Å²) in [4.78, 5) is 29.9. The van der Waals surface area contributed by atoms with Crippen LogP contribution in [0.1, 0.15) is 57.9 Å². The van der Waals surface area contributed by atoms with Crippen LogP contribution in [0, 0.1) is 11.7 Å². The second-order valence-corrected chi connectivity index (χ2v) is 10.8. The molecule has 214 valence electrons. The highest BCUT2D eigenvalue weighted by Gasteiger charge is 2.23. The van der Waals surface area contributed by atoms with Gasteiger partial charge in [0.15, 0.2) is 5.78 Å². The zero-order valence-corrected chi connectivity index (χ0v) is 23.9. The fraction of sp³-hybridized carbons (Fsp3) is 0.667. The third-order valence-corrected chi connectivity index (χ3v) is 7.34. The van der Waals surface area contributed by atoms with E-state index in [1.54, 1.807) is 17.0 Å². The minimum atomic E-state index is -0.591. The van der Waals surface area contributed by atoms with Crippen molar-refractivity contribution < 1.29 is 18.7 Å². The standard InChI is InChI=1S/C30H49FN4O3/c1-6-7-9-23(2)21-38-22-24(3)35(5)20-28(36)19-33-29(18-25-11-13-26(31)14-12-25)30(37)32-16-15-27-10-8-17-34(27)4/h11-14,23,27,29,33H,3,6-10,15-22H2,1-2,4-5H3,(H,32,37). The fourth-order valence-corrected chi connectivity index (χ4v) is 4.74. The Balaban J connectivity index is 1.82. The molecule has 1 amide bonds. The molecule has 1 aliphatic rings. The number of ether oxygens (including phenoxy) is 1. The molecule has 38 heavy (non-hydrogen) atoms. The summed E-state index contributed by atoms with van der Waals surface area (Å²) in [7, 11) is 3.95. The van der Waals surface area contributed by atoms with Crippen molar-refractivity contribution >= 4 is 11.7 Å². The zero-order chi connectivity index (χ0) is 27.9. The number of amides is 1. The van der Waals surface area contributed by atoms with Crippen LogP contribution in [0.25, 0.3) is 0 Å². The summed E-state index contributed by atoms with van der Waals surface area (Å²) in [5.41, 5.74) is 1.58. The number of nitrogens with one attached hydrogen (secondary N) is 2. The molecular formula is C30H49FN4O3. The molecule has 0 bridgehead atoms. The second kappa shape index (κ2) is 17.3. The first kappa shape index (κ1) is 31.9. The van der Waals surface area contributed by atoms with Crippen molar-refractivity contribution in [2.24, 2.45) is 5.92 Å². The molecule has 1 aromatic carbocycles. The lowest BCUT2D eigenvalue weighted by Gasteiger charge is -2.23. The number of likely N-dealkylation sites (tertiary alicyclic amines) is 1. The third kappa shape index (κ3) is 12.0. The Labute approximate surface area is 229 Å². The van der Waals surface area contributed by atoms with E-state index in [4.69, 9.17) is 4.74 Å². The van der Waals surface area contributed by atoms with E-state index in [1.807, 2.05) is 7.05 Å². The number of nitrogens with zero attached hydrogens (tertiary/aromatic N) is 2. The number of carbonyl (C=O) groups excluding carboxylic acids is 2. The summed E-state index contributed by atoms with van der Waals surface area (Å²) in [5, 5.41) is 6.17. The first-order chi connectivity index (χ1) is 18.2. The van der Waals surface area contributed by atoms with Gasteiger partial charge < -0.3 is 19.9 Å². The lowest BCUT2D eigenvalue weighted by atomic mass is 10.0. The first-order valence-electron chi connectivity index (χ1n) is 14.1. The lowest BCUT2D eigenvalue weighted by Crippen LogP contribution is -2.48. The molecule has 3 atom stereocenters. The second-order valence-electron chi connectivity index (χ2n) is 10.8. The molecule has 1 aromatic rings. The summed E-state index contributed by atoms with van der Waals surface area (Å²) in [5.74, 6) is -0.0102. The van der Waals surface area contributed by atoms with Gasteiger partial charge in [-0.15, -0.1) is 0 Å². The quantitative estimate of drug-likeness (QED) is 0.283. The van der Waals surface area contributed by atoms with Gasteiger partial charge in [-0.2, -0.15) is 0 Å². The Kier molecular flexibility index (Phi) is 14.6. The van der Waals surface area contributed by atoms with E-state index < -0.39 is 6.04 Å². The number of hydrogen-bond acceptors (Lipinski definition) is 6. The van der Waals surface area contributed by atoms with E-state index in [-0.39, 0.29) is 30.6 Å². The molecule has 2 rings (SSSR count). The molecule has 2 N–H and O–H groups in total. The van der Waals surface area contributed by atoms with Gasteiger partial charge in [-0.05, 0) is 69.3 Å². The number of Topliss-reactive ketones (excluding diaryl/α,β-unsaturated/α-hetero) is 1. The maximum absolute atomic E-state index is 13.4. The average Bonchev–Trinajstić information content (AvgIpc) is 3.30. The molecular weight excluding hydrogens is 483 g/mol. The minimum Gasteiger partial charge on any atom is -0.375 e. The van der Waals surface area contributed by atoms with Gasteiger partial charge in [-0.25, -0.2) is 4.39 Å². The maximum Gasteiger partial charge on any atom is 0.237 e. The summed E-state index contributed by atoms with van der Waals surface area (Å²) >= 11 is 0. The molecule has 7 nitrogen and oxygen atoms in total. The van der Waals surface area contributed by atoms with Gasteiger partial charge in [0.25, 0.3) is 0 Å². The van der Waals surface area contributed by atoms with Crippen LogP contribution in [0.2, 0.25) is 0 Å². The van der Waals surface area contributed by atoms with Gasteiger partial charge in [-0.1, -0.05) is 45.4 Å². The Bertz CT molecular complexity index is 864. The largest absolute Gasteiger partial charge is 0.375 e. The van der Waals surface area contributed by atoms with Crippen molar-refractivity contribution in [1.29, 1.82) is 0 Å². The van der Waals surface area contributed by atoms with Gasteiger partial charge >= 0.3 is 0 Å². The van der Waals surface area contributed by atoms with E-state index in [9.17, 15) is 14.0 Å². The maximum atomic E-state index is 13.4. The van der Waals surface area contributed by atoms with Gasteiger partial charge in [0, 0.05) is 31.9 Å². The van der Waals surface area contributed by atoms with Crippen LogP contribution in [0.4, 0.5) is 4.39 Å². The van der Waals surface area contributed by atoms with Crippen molar-refractivity contribution in [3.05, 3.63) is 47.9 Å². The average molecular weight is 533 g/mol. The summed E-state index contributed by atoms with van der Waals surface area (Å²) in [6.07, 6.45) is 7.14. The van der Waals surface area contributed by atoms with Crippen LogP contribution in [0.15, 0.2) is 36.5 Å². The highest BCUT2D eigenvalue weighted by atomic mass is 19.1. The van der Waals surface area contributed by atoms with Gasteiger partial charge in [0.2, 0.25) is 5.91 Å². The number of likely N-dealkylation sites (N-methyl/N-ethyl adjacent to an activating group) is 1. The van der Waals surface area contributed by atoms with Crippen molar-refractivity contribution in [2.75, 3.05) is 53.5 Å².